The first kappa shape index (κ1) is 14.6. The van der Waals surface area contributed by atoms with Crippen LogP contribution >= 0.6 is 0 Å². The summed E-state index contributed by atoms with van der Waals surface area (Å²) in [6, 6.07) is 13.1. The van der Waals surface area contributed by atoms with Gasteiger partial charge in [-0.3, -0.25) is 9.59 Å². The third-order valence-electron chi connectivity index (χ3n) is 2.98. The zero-order chi connectivity index (χ0) is 15.2. The smallest absolute Gasteiger partial charge is 0.303 e. The number of aliphatic carboxylic acids is 1. The Bertz CT molecular complexity index is 667. The van der Waals surface area contributed by atoms with Gasteiger partial charge >= 0.3 is 5.97 Å². The van der Waals surface area contributed by atoms with E-state index in [0.29, 0.717) is 17.7 Å². The highest BCUT2D eigenvalue weighted by atomic mass is 16.4. The highest BCUT2D eigenvalue weighted by Crippen LogP contribution is 2.19. The van der Waals surface area contributed by atoms with E-state index in [1.54, 1.807) is 36.4 Å². The highest BCUT2D eigenvalue weighted by molar-refractivity contribution is 6.04. The van der Waals surface area contributed by atoms with Crippen molar-refractivity contribution in [2.24, 2.45) is 0 Å². The van der Waals surface area contributed by atoms with E-state index >= 15 is 0 Å². The molecule has 5 heteroatoms. The number of benzene rings is 2. The lowest BCUT2D eigenvalue weighted by Gasteiger charge is -2.10. The quantitative estimate of drug-likeness (QED) is 0.788. The van der Waals surface area contributed by atoms with Gasteiger partial charge in [0.05, 0.1) is 0 Å². The lowest BCUT2D eigenvalue weighted by atomic mass is 10.1. The van der Waals surface area contributed by atoms with Gasteiger partial charge in [-0.25, -0.2) is 0 Å². The molecular formula is C16H15NO4. The van der Waals surface area contributed by atoms with Crippen LogP contribution in [0, 0.1) is 0 Å². The van der Waals surface area contributed by atoms with Crippen molar-refractivity contribution in [2.75, 3.05) is 5.32 Å². The molecule has 2 aromatic carbocycles. The molecule has 0 fully saturated rings. The number of rotatable bonds is 5. The van der Waals surface area contributed by atoms with Gasteiger partial charge in [0.15, 0.2) is 0 Å². The van der Waals surface area contributed by atoms with E-state index in [1.807, 2.05) is 0 Å². The van der Waals surface area contributed by atoms with Crippen molar-refractivity contribution >= 4 is 17.6 Å². The largest absolute Gasteiger partial charge is 0.508 e. The second-order valence-electron chi connectivity index (χ2n) is 4.56. The summed E-state index contributed by atoms with van der Waals surface area (Å²) in [6.45, 7) is 0. The van der Waals surface area contributed by atoms with Crippen LogP contribution in [-0.2, 0) is 11.2 Å². The molecule has 0 aromatic heterocycles. The van der Waals surface area contributed by atoms with Crippen LogP contribution in [0.2, 0.25) is 0 Å². The average Bonchev–Trinajstić information content (AvgIpc) is 2.46. The third kappa shape index (κ3) is 4.07. The maximum Gasteiger partial charge on any atom is 0.303 e. The van der Waals surface area contributed by atoms with Crippen LogP contribution in [0.1, 0.15) is 22.3 Å². The van der Waals surface area contributed by atoms with Gasteiger partial charge in [-0.2, -0.15) is 0 Å². The lowest BCUT2D eigenvalue weighted by molar-refractivity contribution is -0.136. The first-order valence-electron chi connectivity index (χ1n) is 6.46. The molecule has 5 nitrogen and oxygen atoms in total. The monoisotopic (exact) mass is 285 g/mol. The predicted molar refractivity (Wildman–Crippen MR) is 78.5 cm³/mol. The minimum Gasteiger partial charge on any atom is -0.508 e. The number of hydrogen-bond donors (Lipinski definition) is 3. The molecule has 0 unspecified atom stereocenters. The van der Waals surface area contributed by atoms with E-state index in [9.17, 15) is 14.7 Å². The Labute approximate surface area is 121 Å². The summed E-state index contributed by atoms with van der Waals surface area (Å²) < 4.78 is 0. The predicted octanol–water partition coefficient (Wildman–Crippen LogP) is 2.66. The van der Waals surface area contributed by atoms with Gasteiger partial charge < -0.3 is 15.5 Å². The minimum atomic E-state index is -0.885. The van der Waals surface area contributed by atoms with Crippen molar-refractivity contribution in [3.05, 3.63) is 59.7 Å². The van der Waals surface area contributed by atoms with Crippen LogP contribution in [0.4, 0.5) is 5.69 Å². The number of hydrogen-bond acceptors (Lipinski definition) is 3. The lowest BCUT2D eigenvalue weighted by Crippen LogP contribution is -2.13. The number of phenolic OH excluding ortho intramolecular Hbond substituents is 1. The Balaban J connectivity index is 2.15. The van der Waals surface area contributed by atoms with Crippen molar-refractivity contribution in [3.8, 4) is 5.75 Å². The molecule has 0 spiro atoms. The second kappa shape index (κ2) is 6.56. The number of para-hydroxylation sites is 1. The van der Waals surface area contributed by atoms with Crippen LogP contribution in [0.15, 0.2) is 48.5 Å². The topological polar surface area (TPSA) is 86.6 Å². The van der Waals surface area contributed by atoms with Crippen LogP contribution in [-0.4, -0.2) is 22.1 Å². The van der Waals surface area contributed by atoms with E-state index in [2.05, 4.69) is 5.32 Å². The van der Waals surface area contributed by atoms with Gasteiger partial charge in [0.1, 0.15) is 5.75 Å². The summed E-state index contributed by atoms with van der Waals surface area (Å²) >= 11 is 0. The number of amides is 1. The maximum absolute atomic E-state index is 12.1. The molecule has 0 heterocycles. The molecule has 0 saturated heterocycles. The van der Waals surface area contributed by atoms with E-state index in [4.69, 9.17) is 5.11 Å². The molecule has 108 valence electrons. The Morgan fingerprint density at radius 3 is 2.52 bits per heavy atom. The molecule has 2 aromatic rings. The Kier molecular flexibility index (Phi) is 4.56. The molecule has 2 rings (SSSR count). The standard InChI is InChI=1S/C16H15NO4/c18-13-6-3-5-12(10-13)16(21)17-14-7-2-1-4-11(14)8-9-15(19)20/h1-7,10,18H,8-9H2,(H,17,21)(H,19,20). The van der Waals surface area contributed by atoms with Crippen LogP contribution in [0.3, 0.4) is 0 Å². The third-order valence-corrected chi connectivity index (χ3v) is 2.98. The number of carboxylic acid groups (broad SMARTS) is 1. The first-order valence-corrected chi connectivity index (χ1v) is 6.46. The Morgan fingerprint density at radius 2 is 1.81 bits per heavy atom. The summed E-state index contributed by atoms with van der Waals surface area (Å²) in [4.78, 5) is 22.8. The summed E-state index contributed by atoms with van der Waals surface area (Å²) in [7, 11) is 0. The van der Waals surface area contributed by atoms with Crippen LogP contribution < -0.4 is 5.32 Å². The molecule has 0 aliphatic rings. The molecule has 0 aliphatic carbocycles. The minimum absolute atomic E-state index is 0.000983. The van der Waals surface area contributed by atoms with Gasteiger partial charge in [-0.05, 0) is 36.2 Å². The second-order valence-corrected chi connectivity index (χ2v) is 4.56. The van der Waals surface area contributed by atoms with E-state index < -0.39 is 5.97 Å². The average molecular weight is 285 g/mol. The van der Waals surface area contributed by atoms with Crippen molar-refractivity contribution in [3.63, 3.8) is 0 Å². The van der Waals surface area contributed by atoms with Gasteiger partial charge in [0.2, 0.25) is 0 Å². The Hall–Kier alpha value is -2.82. The molecule has 21 heavy (non-hydrogen) atoms. The van der Waals surface area contributed by atoms with Crippen molar-refractivity contribution < 1.29 is 19.8 Å². The molecule has 0 atom stereocenters. The van der Waals surface area contributed by atoms with Crippen molar-refractivity contribution in [1.29, 1.82) is 0 Å². The number of anilines is 1. The van der Waals surface area contributed by atoms with E-state index in [1.165, 1.54) is 12.1 Å². The summed E-state index contributed by atoms with van der Waals surface area (Å²) in [5, 5.41) is 20.9. The highest BCUT2D eigenvalue weighted by Gasteiger charge is 2.10. The number of nitrogens with one attached hydrogen (secondary N) is 1. The molecule has 0 saturated carbocycles. The number of aryl methyl sites for hydroxylation is 1. The SMILES string of the molecule is O=C(O)CCc1ccccc1NC(=O)c1cccc(O)c1. The fourth-order valence-electron chi connectivity index (χ4n) is 1.94. The zero-order valence-electron chi connectivity index (χ0n) is 11.2. The van der Waals surface area contributed by atoms with Crippen molar-refractivity contribution in [1.82, 2.24) is 0 Å². The van der Waals surface area contributed by atoms with E-state index in [-0.39, 0.29) is 18.1 Å². The molecular weight excluding hydrogens is 270 g/mol. The molecule has 0 bridgehead atoms. The normalized spacial score (nSPS) is 10.1. The summed E-state index contributed by atoms with van der Waals surface area (Å²) in [5.74, 6) is -1.22. The van der Waals surface area contributed by atoms with Gasteiger partial charge in [-0.15, -0.1) is 0 Å². The maximum atomic E-state index is 12.1. The molecule has 3 N–H and O–H groups in total. The number of phenols is 1. The van der Waals surface area contributed by atoms with Gasteiger partial charge in [-0.1, -0.05) is 24.3 Å². The fraction of sp³-hybridized carbons (Fsp3) is 0.125. The van der Waals surface area contributed by atoms with Crippen LogP contribution in [0.5, 0.6) is 5.75 Å². The van der Waals surface area contributed by atoms with Crippen molar-refractivity contribution in [2.45, 2.75) is 12.8 Å². The van der Waals surface area contributed by atoms with Gasteiger partial charge in [0, 0.05) is 17.7 Å². The zero-order valence-corrected chi connectivity index (χ0v) is 11.2. The molecule has 0 radical (unpaired) electrons. The summed E-state index contributed by atoms with van der Waals surface area (Å²) in [5.41, 5.74) is 1.67. The van der Waals surface area contributed by atoms with Gasteiger partial charge in [0.25, 0.3) is 5.91 Å². The van der Waals surface area contributed by atoms with E-state index in [0.717, 1.165) is 5.56 Å². The Morgan fingerprint density at radius 1 is 1.05 bits per heavy atom. The fourth-order valence-corrected chi connectivity index (χ4v) is 1.94. The summed E-state index contributed by atoms with van der Waals surface area (Å²) in [6.07, 6.45) is 0.338. The number of aromatic hydroxyl groups is 1. The molecule has 1 amide bonds. The number of carboxylic acids is 1. The number of carbonyl (C=O) groups excluding carboxylic acids is 1. The first-order chi connectivity index (χ1) is 10.1. The molecule has 0 aliphatic heterocycles. The van der Waals surface area contributed by atoms with Crippen LogP contribution in [0.25, 0.3) is 0 Å². The number of carbonyl (C=O) groups is 2.